The molecule has 0 spiro atoms. The van der Waals surface area contributed by atoms with Crippen LogP contribution in [0.3, 0.4) is 0 Å². The number of ether oxygens (including phenoxy) is 1. The molecule has 0 fully saturated rings. The second kappa shape index (κ2) is 6.41. The molecule has 0 saturated carbocycles. The van der Waals surface area contributed by atoms with Gasteiger partial charge in [-0.1, -0.05) is 11.8 Å². The molecule has 1 rings (SSSR count). The highest BCUT2D eigenvalue weighted by Gasteiger charge is 2.06. The third-order valence-electron chi connectivity index (χ3n) is 1.46. The second-order valence-electron chi connectivity index (χ2n) is 2.72. The van der Waals surface area contributed by atoms with E-state index in [-0.39, 0.29) is 11.7 Å². The number of rotatable bonds is 6. The number of aromatic nitrogens is 2. The highest BCUT2D eigenvalue weighted by atomic mass is 32.2. The first-order chi connectivity index (χ1) is 7.22. The van der Waals surface area contributed by atoms with Crippen molar-refractivity contribution in [2.75, 3.05) is 26.0 Å². The molecule has 7 heteroatoms. The van der Waals surface area contributed by atoms with Gasteiger partial charge < -0.3 is 14.5 Å². The number of nitrogens with zero attached hydrogens (tertiary/aromatic N) is 2. The van der Waals surface area contributed by atoms with Crippen molar-refractivity contribution in [2.24, 2.45) is 0 Å². The molecule has 0 aromatic carbocycles. The average molecular weight is 231 g/mol. The van der Waals surface area contributed by atoms with Gasteiger partial charge in [-0.15, -0.1) is 10.2 Å². The van der Waals surface area contributed by atoms with Gasteiger partial charge in [0.25, 0.3) is 5.22 Å². The fourth-order valence-corrected chi connectivity index (χ4v) is 1.44. The Labute approximate surface area is 91.8 Å². The van der Waals surface area contributed by atoms with E-state index in [4.69, 9.17) is 9.15 Å². The molecule has 6 nitrogen and oxygen atoms in total. The van der Waals surface area contributed by atoms with Crippen molar-refractivity contribution < 1.29 is 13.9 Å². The number of nitrogens with one attached hydrogen (secondary N) is 1. The van der Waals surface area contributed by atoms with E-state index in [1.165, 1.54) is 11.8 Å². The van der Waals surface area contributed by atoms with Crippen molar-refractivity contribution in [3.05, 3.63) is 5.89 Å². The Morgan fingerprint density at radius 2 is 2.40 bits per heavy atom. The molecule has 84 valence electrons. The third-order valence-corrected chi connectivity index (χ3v) is 2.28. The minimum atomic E-state index is -0.0760. The predicted molar refractivity (Wildman–Crippen MR) is 54.6 cm³/mol. The number of hydrogen-bond donors (Lipinski definition) is 1. The van der Waals surface area contributed by atoms with Gasteiger partial charge in [-0.2, -0.15) is 0 Å². The molecule has 1 N–H and O–H groups in total. The van der Waals surface area contributed by atoms with Crippen molar-refractivity contribution in [3.8, 4) is 0 Å². The average Bonchev–Trinajstić information content (AvgIpc) is 2.62. The lowest BCUT2D eigenvalue weighted by atomic mass is 10.6. The topological polar surface area (TPSA) is 77.2 Å². The lowest BCUT2D eigenvalue weighted by molar-refractivity contribution is -0.118. The summed E-state index contributed by atoms with van der Waals surface area (Å²) in [6.45, 7) is 2.73. The lowest BCUT2D eigenvalue weighted by Gasteiger charge is -2.01. The Balaban J connectivity index is 2.16. The molecule has 0 radical (unpaired) electrons. The first-order valence-corrected chi connectivity index (χ1v) is 5.39. The van der Waals surface area contributed by atoms with E-state index in [0.717, 1.165) is 0 Å². The number of aryl methyl sites for hydroxylation is 1. The van der Waals surface area contributed by atoms with E-state index in [0.29, 0.717) is 24.3 Å². The second-order valence-corrected chi connectivity index (χ2v) is 3.65. The van der Waals surface area contributed by atoms with Gasteiger partial charge in [0.2, 0.25) is 11.8 Å². The Morgan fingerprint density at radius 3 is 3.00 bits per heavy atom. The first-order valence-electron chi connectivity index (χ1n) is 4.41. The van der Waals surface area contributed by atoms with Crippen molar-refractivity contribution in [1.82, 2.24) is 15.5 Å². The van der Waals surface area contributed by atoms with Crippen LogP contribution < -0.4 is 5.32 Å². The van der Waals surface area contributed by atoms with Crippen molar-refractivity contribution in [3.63, 3.8) is 0 Å². The molecule has 0 aliphatic carbocycles. The van der Waals surface area contributed by atoms with Crippen LogP contribution in [0, 0.1) is 6.92 Å². The number of methoxy groups -OCH3 is 1. The molecular weight excluding hydrogens is 218 g/mol. The smallest absolute Gasteiger partial charge is 0.277 e. The number of carbonyl (C=O) groups is 1. The summed E-state index contributed by atoms with van der Waals surface area (Å²) in [4.78, 5) is 11.2. The van der Waals surface area contributed by atoms with E-state index >= 15 is 0 Å². The van der Waals surface area contributed by atoms with E-state index in [1.54, 1.807) is 14.0 Å². The van der Waals surface area contributed by atoms with Gasteiger partial charge in [-0.3, -0.25) is 4.79 Å². The van der Waals surface area contributed by atoms with Gasteiger partial charge >= 0.3 is 0 Å². The Bertz CT molecular complexity index is 316. The molecule has 0 unspecified atom stereocenters. The Kier molecular flexibility index (Phi) is 5.13. The molecule has 0 saturated heterocycles. The Morgan fingerprint density at radius 1 is 1.60 bits per heavy atom. The number of hydrogen-bond acceptors (Lipinski definition) is 6. The van der Waals surface area contributed by atoms with Crippen LogP contribution in [-0.2, 0) is 9.53 Å². The zero-order valence-corrected chi connectivity index (χ0v) is 9.47. The maximum Gasteiger partial charge on any atom is 0.277 e. The molecule has 1 aromatic rings. The molecule has 1 aromatic heterocycles. The summed E-state index contributed by atoms with van der Waals surface area (Å²) >= 11 is 1.21. The van der Waals surface area contributed by atoms with Gasteiger partial charge in [0.15, 0.2) is 0 Å². The minimum absolute atomic E-state index is 0.0760. The molecule has 1 amide bonds. The monoisotopic (exact) mass is 231 g/mol. The van der Waals surface area contributed by atoms with Gasteiger partial charge in [0.05, 0.1) is 12.4 Å². The molecular formula is C8H13N3O3S. The zero-order valence-electron chi connectivity index (χ0n) is 8.65. The molecule has 0 aliphatic rings. The standard InChI is InChI=1S/C8H13N3O3S/c1-6-10-11-8(14-6)15-5-7(12)9-3-4-13-2/h3-5H2,1-2H3,(H,9,12). The van der Waals surface area contributed by atoms with Gasteiger partial charge in [-0.25, -0.2) is 0 Å². The summed E-state index contributed by atoms with van der Waals surface area (Å²) in [5.74, 6) is 0.691. The summed E-state index contributed by atoms with van der Waals surface area (Å²) in [5, 5.41) is 10.5. The summed E-state index contributed by atoms with van der Waals surface area (Å²) in [7, 11) is 1.59. The quantitative estimate of drug-likeness (QED) is 0.558. The van der Waals surface area contributed by atoms with Crippen LogP contribution in [0.5, 0.6) is 0 Å². The summed E-state index contributed by atoms with van der Waals surface area (Å²) in [5.41, 5.74) is 0. The van der Waals surface area contributed by atoms with E-state index < -0.39 is 0 Å². The molecule has 0 bridgehead atoms. The first kappa shape index (κ1) is 12.0. The summed E-state index contributed by atoms with van der Waals surface area (Å²) < 4.78 is 9.89. The van der Waals surface area contributed by atoms with Crippen molar-refractivity contribution in [2.45, 2.75) is 12.1 Å². The number of carbonyl (C=O) groups excluding carboxylic acids is 1. The fraction of sp³-hybridized carbons (Fsp3) is 0.625. The maximum atomic E-state index is 11.2. The number of amides is 1. The van der Waals surface area contributed by atoms with E-state index in [1.807, 2.05) is 0 Å². The van der Waals surface area contributed by atoms with Crippen LogP contribution in [0.2, 0.25) is 0 Å². The highest BCUT2D eigenvalue weighted by molar-refractivity contribution is 7.99. The van der Waals surface area contributed by atoms with Crippen LogP contribution in [0.15, 0.2) is 9.64 Å². The molecule has 0 aliphatic heterocycles. The lowest BCUT2D eigenvalue weighted by Crippen LogP contribution is -2.28. The Hall–Kier alpha value is -1.08. The fourth-order valence-electron chi connectivity index (χ4n) is 0.808. The maximum absolute atomic E-state index is 11.2. The largest absolute Gasteiger partial charge is 0.416 e. The SMILES string of the molecule is COCCNC(=O)CSc1nnc(C)o1. The summed E-state index contributed by atoms with van der Waals surface area (Å²) in [6.07, 6.45) is 0. The molecule has 0 atom stereocenters. The molecule has 15 heavy (non-hydrogen) atoms. The normalized spacial score (nSPS) is 10.3. The van der Waals surface area contributed by atoms with Crippen LogP contribution in [0.4, 0.5) is 0 Å². The van der Waals surface area contributed by atoms with Gasteiger partial charge in [0, 0.05) is 20.6 Å². The van der Waals surface area contributed by atoms with Crippen molar-refractivity contribution >= 4 is 17.7 Å². The van der Waals surface area contributed by atoms with E-state index in [9.17, 15) is 4.79 Å². The predicted octanol–water partition coefficient (Wildman–Crippen LogP) is 0.233. The van der Waals surface area contributed by atoms with Crippen LogP contribution >= 0.6 is 11.8 Å². The van der Waals surface area contributed by atoms with E-state index in [2.05, 4.69) is 15.5 Å². The highest BCUT2D eigenvalue weighted by Crippen LogP contribution is 2.14. The minimum Gasteiger partial charge on any atom is -0.416 e. The van der Waals surface area contributed by atoms with Gasteiger partial charge in [0.1, 0.15) is 0 Å². The van der Waals surface area contributed by atoms with Crippen LogP contribution in [0.25, 0.3) is 0 Å². The molecule has 1 heterocycles. The summed E-state index contributed by atoms with van der Waals surface area (Å²) in [6, 6.07) is 0. The third kappa shape index (κ3) is 4.80. The number of thioether (sulfide) groups is 1. The van der Waals surface area contributed by atoms with Crippen molar-refractivity contribution in [1.29, 1.82) is 0 Å². The zero-order chi connectivity index (χ0) is 11.1. The van der Waals surface area contributed by atoms with Gasteiger partial charge in [-0.05, 0) is 0 Å². The van der Waals surface area contributed by atoms with Crippen LogP contribution in [0.1, 0.15) is 5.89 Å². The van der Waals surface area contributed by atoms with Crippen LogP contribution in [-0.4, -0.2) is 42.1 Å².